The van der Waals surface area contributed by atoms with Gasteiger partial charge in [0.25, 0.3) is 0 Å². The molecule has 1 aromatic heterocycles. The Morgan fingerprint density at radius 2 is 1.91 bits per heavy atom. The highest BCUT2D eigenvalue weighted by Crippen LogP contribution is 2.42. The van der Waals surface area contributed by atoms with Gasteiger partial charge in [0.1, 0.15) is 24.9 Å². The molecule has 0 amide bonds. The molecule has 0 aliphatic carbocycles. The Balaban J connectivity index is 1.35. The van der Waals surface area contributed by atoms with Crippen LogP contribution in [0.15, 0.2) is 66.7 Å². The third kappa shape index (κ3) is 3.20. The SMILES string of the molecule is OCn1c2c(c3ccc(F)cc31)CC1c3cc(OCc4ccccc4)ccc3CCN1C2. The first-order valence-corrected chi connectivity index (χ1v) is 11.1. The molecule has 1 atom stereocenters. The molecule has 4 aromatic rings. The van der Waals surface area contributed by atoms with Crippen LogP contribution in [0.4, 0.5) is 4.39 Å². The molecule has 2 aliphatic heterocycles. The molecule has 1 N–H and O–H groups in total. The van der Waals surface area contributed by atoms with Gasteiger partial charge < -0.3 is 14.4 Å². The summed E-state index contributed by atoms with van der Waals surface area (Å²) >= 11 is 0. The van der Waals surface area contributed by atoms with Gasteiger partial charge in [-0.2, -0.15) is 0 Å². The van der Waals surface area contributed by atoms with Crippen LogP contribution >= 0.6 is 0 Å². The summed E-state index contributed by atoms with van der Waals surface area (Å²) < 4.78 is 21.9. The van der Waals surface area contributed by atoms with E-state index >= 15 is 0 Å². The van der Waals surface area contributed by atoms with E-state index in [-0.39, 0.29) is 18.6 Å². The van der Waals surface area contributed by atoms with Crippen LogP contribution in [0.3, 0.4) is 0 Å². The fourth-order valence-electron chi connectivity index (χ4n) is 5.39. The molecule has 4 nitrogen and oxygen atoms in total. The van der Waals surface area contributed by atoms with Crippen molar-refractivity contribution in [3.63, 3.8) is 0 Å². The highest BCUT2D eigenvalue weighted by atomic mass is 19.1. The lowest BCUT2D eigenvalue weighted by molar-refractivity contribution is 0.145. The zero-order chi connectivity index (χ0) is 21.7. The van der Waals surface area contributed by atoms with E-state index in [9.17, 15) is 9.50 Å². The Morgan fingerprint density at radius 3 is 2.75 bits per heavy atom. The van der Waals surface area contributed by atoms with Crippen LogP contribution in [0.25, 0.3) is 10.9 Å². The van der Waals surface area contributed by atoms with Crippen molar-refractivity contribution in [2.75, 3.05) is 6.54 Å². The highest BCUT2D eigenvalue weighted by molar-refractivity contribution is 5.86. The number of halogens is 1. The van der Waals surface area contributed by atoms with E-state index in [1.165, 1.54) is 28.8 Å². The predicted molar refractivity (Wildman–Crippen MR) is 122 cm³/mol. The van der Waals surface area contributed by atoms with E-state index < -0.39 is 0 Å². The second-order valence-electron chi connectivity index (χ2n) is 8.73. The van der Waals surface area contributed by atoms with Crippen molar-refractivity contribution in [1.82, 2.24) is 9.47 Å². The van der Waals surface area contributed by atoms with E-state index in [0.717, 1.165) is 53.8 Å². The molecule has 0 saturated carbocycles. The predicted octanol–water partition coefficient (Wildman–Crippen LogP) is 4.96. The van der Waals surface area contributed by atoms with E-state index in [0.29, 0.717) is 6.61 Å². The van der Waals surface area contributed by atoms with Gasteiger partial charge in [0, 0.05) is 30.2 Å². The van der Waals surface area contributed by atoms with Crippen molar-refractivity contribution < 1.29 is 14.2 Å². The largest absolute Gasteiger partial charge is 0.489 e. The molecule has 162 valence electrons. The molecule has 32 heavy (non-hydrogen) atoms. The van der Waals surface area contributed by atoms with Crippen molar-refractivity contribution >= 4 is 10.9 Å². The van der Waals surface area contributed by atoms with Crippen LogP contribution in [0.1, 0.15) is 34.0 Å². The average Bonchev–Trinajstić information content (AvgIpc) is 3.13. The first-order chi connectivity index (χ1) is 15.7. The second kappa shape index (κ2) is 7.76. The topological polar surface area (TPSA) is 37.6 Å². The molecule has 0 spiro atoms. The molecule has 1 unspecified atom stereocenters. The third-order valence-electron chi connectivity index (χ3n) is 6.98. The number of aromatic nitrogens is 1. The van der Waals surface area contributed by atoms with Crippen LogP contribution in [0.2, 0.25) is 0 Å². The average molecular weight is 429 g/mol. The molecule has 0 radical (unpaired) electrons. The fourth-order valence-corrected chi connectivity index (χ4v) is 5.39. The van der Waals surface area contributed by atoms with Crippen molar-refractivity contribution in [3.8, 4) is 5.75 Å². The van der Waals surface area contributed by atoms with Crippen molar-refractivity contribution in [3.05, 3.63) is 100 Å². The molecule has 2 aliphatic rings. The molecular formula is C27H25FN2O2. The van der Waals surface area contributed by atoms with Gasteiger partial charge in [-0.3, -0.25) is 4.90 Å². The number of aliphatic hydroxyl groups is 1. The minimum absolute atomic E-state index is 0.137. The summed E-state index contributed by atoms with van der Waals surface area (Å²) in [5.41, 5.74) is 6.94. The standard InChI is InChI=1S/C27H25FN2O2/c28-20-7-9-22-24-14-25-23-13-21(32-16-18-4-2-1-3-5-18)8-6-19(23)10-11-29(25)15-27(24)30(17-31)26(22)12-20/h1-9,12-13,25,31H,10-11,14-17H2. The van der Waals surface area contributed by atoms with Gasteiger partial charge in [-0.25, -0.2) is 4.39 Å². The zero-order valence-electron chi connectivity index (χ0n) is 17.8. The summed E-state index contributed by atoms with van der Waals surface area (Å²) in [4.78, 5) is 2.48. The molecular weight excluding hydrogens is 403 g/mol. The van der Waals surface area contributed by atoms with Crippen LogP contribution in [-0.2, 0) is 32.7 Å². The quantitative estimate of drug-likeness (QED) is 0.499. The molecule has 5 heteroatoms. The lowest BCUT2D eigenvalue weighted by atomic mass is 9.85. The number of rotatable bonds is 4. The smallest absolute Gasteiger partial charge is 0.125 e. The number of hydrogen-bond donors (Lipinski definition) is 1. The number of nitrogens with zero attached hydrogens (tertiary/aromatic N) is 2. The number of fused-ring (bicyclic) bond motifs is 6. The normalized spacial score (nSPS) is 17.6. The van der Waals surface area contributed by atoms with E-state index in [2.05, 4.69) is 35.2 Å². The summed E-state index contributed by atoms with van der Waals surface area (Å²) in [6, 6.07) is 21.8. The molecule has 0 fully saturated rings. The van der Waals surface area contributed by atoms with Crippen LogP contribution in [0.5, 0.6) is 5.75 Å². The Bertz CT molecular complexity index is 1300. The Kier molecular flexibility index (Phi) is 4.74. The number of ether oxygens (including phenoxy) is 1. The van der Waals surface area contributed by atoms with Crippen LogP contribution in [0, 0.1) is 5.82 Å². The summed E-state index contributed by atoms with van der Waals surface area (Å²) in [6.07, 6.45) is 1.84. The maximum absolute atomic E-state index is 13.9. The Hall–Kier alpha value is -3.15. The Morgan fingerprint density at radius 1 is 1.03 bits per heavy atom. The number of aliphatic hydroxyl groups excluding tert-OH is 1. The molecule has 0 saturated heterocycles. The number of hydrogen-bond acceptors (Lipinski definition) is 3. The summed E-state index contributed by atoms with van der Waals surface area (Å²) in [6.45, 7) is 2.14. The summed E-state index contributed by atoms with van der Waals surface area (Å²) in [5, 5.41) is 11.1. The lowest BCUT2D eigenvalue weighted by Gasteiger charge is -2.41. The first-order valence-electron chi connectivity index (χ1n) is 11.1. The second-order valence-corrected chi connectivity index (χ2v) is 8.73. The fraction of sp³-hybridized carbons (Fsp3) is 0.259. The van der Waals surface area contributed by atoms with Gasteiger partial charge in [-0.15, -0.1) is 0 Å². The van der Waals surface area contributed by atoms with Crippen LogP contribution < -0.4 is 4.74 Å². The zero-order valence-corrected chi connectivity index (χ0v) is 17.8. The summed E-state index contributed by atoms with van der Waals surface area (Å²) in [5.74, 6) is 0.616. The van der Waals surface area contributed by atoms with E-state index in [1.807, 2.05) is 28.8 Å². The van der Waals surface area contributed by atoms with Gasteiger partial charge in [0.15, 0.2) is 0 Å². The minimum atomic E-state index is -0.273. The molecule has 6 rings (SSSR count). The third-order valence-corrected chi connectivity index (χ3v) is 6.98. The van der Waals surface area contributed by atoms with Gasteiger partial charge in [-0.1, -0.05) is 36.4 Å². The molecule has 3 heterocycles. The first kappa shape index (κ1) is 19.5. The van der Waals surface area contributed by atoms with Crippen molar-refractivity contribution in [2.24, 2.45) is 0 Å². The Labute approximate surface area is 186 Å². The number of benzene rings is 3. The highest BCUT2D eigenvalue weighted by Gasteiger charge is 2.35. The lowest BCUT2D eigenvalue weighted by Crippen LogP contribution is -2.39. The van der Waals surface area contributed by atoms with E-state index in [4.69, 9.17) is 4.74 Å². The van der Waals surface area contributed by atoms with Gasteiger partial charge in [0.2, 0.25) is 0 Å². The summed E-state index contributed by atoms with van der Waals surface area (Å²) in [7, 11) is 0. The van der Waals surface area contributed by atoms with Gasteiger partial charge in [0.05, 0.1) is 5.52 Å². The minimum Gasteiger partial charge on any atom is -0.489 e. The molecule has 3 aromatic carbocycles. The maximum atomic E-state index is 13.9. The van der Waals surface area contributed by atoms with E-state index in [1.54, 1.807) is 0 Å². The van der Waals surface area contributed by atoms with Crippen molar-refractivity contribution in [2.45, 2.75) is 38.8 Å². The van der Waals surface area contributed by atoms with Crippen LogP contribution in [-0.4, -0.2) is 21.1 Å². The molecule has 0 bridgehead atoms. The van der Waals surface area contributed by atoms with Gasteiger partial charge in [-0.05, 0) is 65.4 Å². The van der Waals surface area contributed by atoms with Crippen molar-refractivity contribution in [1.29, 1.82) is 0 Å². The monoisotopic (exact) mass is 428 g/mol. The van der Waals surface area contributed by atoms with Gasteiger partial charge >= 0.3 is 0 Å². The maximum Gasteiger partial charge on any atom is 0.125 e.